The molecule has 0 aliphatic rings. The molecule has 0 spiro atoms. The van der Waals surface area contributed by atoms with Crippen LogP contribution in [0, 0.1) is 0 Å². The standard InChI is InChI=1S/C16H12Cl3NS/c1-20-15(12-8-14(18)21-16(12)19)11-6-7-13(17)10-5-3-2-4-9(10)11/h2-8,15,20H,1H3. The normalized spacial score (nSPS) is 12.8. The highest BCUT2D eigenvalue weighted by molar-refractivity contribution is 7.20. The first-order valence-electron chi connectivity index (χ1n) is 6.41. The Balaban J connectivity index is 2.22. The number of hydrogen-bond acceptors (Lipinski definition) is 2. The summed E-state index contributed by atoms with van der Waals surface area (Å²) in [4.78, 5) is 0. The first-order valence-corrected chi connectivity index (χ1v) is 8.36. The molecule has 0 saturated carbocycles. The molecule has 1 heterocycles. The van der Waals surface area contributed by atoms with E-state index >= 15 is 0 Å². The van der Waals surface area contributed by atoms with E-state index in [1.807, 2.05) is 43.4 Å². The third-order valence-corrected chi connectivity index (χ3v) is 5.35. The lowest BCUT2D eigenvalue weighted by atomic mass is 9.95. The Morgan fingerprint density at radius 1 is 0.952 bits per heavy atom. The van der Waals surface area contributed by atoms with E-state index in [1.54, 1.807) is 0 Å². The van der Waals surface area contributed by atoms with Gasteiger partial charge in [0, 0.05) is 16.0 Å². The van der Waals surface area contributed by atoms with Gasteiger partial charge in [-0.3, -0.25) is 0 Å². The summed E-state index contributed by atoms with van der Waals surface area (Å²) in [5, 5.41) is 6.22. The monoisotopic (exact) mass is 355 g/mol. The third kappa shape index (κ3) is 2.79. The fourth-order valence-corrected chi connectivity index (χ4v) is 4.33. The van der Waals surface area contributed by atoms with Gasteiger partial charge >= 0.3 is 0 Å². The molecule has 1 N–H and O–H groups in total. The van der Waals surface area contributed by atoms with Crippen LogP contribution in [-0.2, 0) is 0 Å². The van der Waals surface area contributed by atoms with Gasteiger partial charge in [0.25, 0.3) is 0 Å². The highest BCUT2D eigenvalue weighted by Crippen LogP contribution is 2.40. The molecule has 108 valence electrons. The van der Waals surface area contributed by atoms with E-state index in [9.17, 15) is 0 Å². The lowest BCUT2D eigenvalue weighted by Gasteiger charge is -2.19. The molecule has 0 saturated heterocycles. The second-order valence-corrected chi connectivity index (χ2v) is 7.38. The van der Waals surface area contributed by atoms with Gasteiger partial charge in [-0.15, -0.1) is 11.3 Å². The van der Waals surface area contributed by atoms with Crippen LogP contribution in [0.4, 0.5) is 0 Å². The minimum absolute atomic E-state index is 0.0246. The summed E-state index contributed by atoms with van der Waals surface area (Å²) < 4.78 is 1.40. The Bertz CT molecular complexity index is 797. The van der Waals surface area contributed by atoms with Crippen molar-refractivity contribution in [3.05, 3.63) is 67.3 Å². The van der Waals surface area contributed by atoms with E-state index in [1.165, 1.54) is 11.3 Å². The lowest BCUT2D eigenvalue weighted by molar-refractivity contribution is 0.699. The van der Waals surface area contributed by atoms with Gasteiger partial charge in [0.15, 0.2) is 0 Å². The minimum atomic E-state index is -0.0246. The van der Waals surface area contributed by atoms with E-state index in [0.29, 0.717) is 8.67 Å². The molecular weight excluding hydrogens is 345 g/mol. The second-order valence-electron chi connectivity index (χ2n) is 4.68. The van der Waals surface area contributed by atoms with Crippen molar-refractivity contribution in [1.82, 2.24) is 5.32 Å². The first kappa shape index (κ1) is 15.1. The van der Waals surface area contributed by atoms with Crippen LogP contribution in [0.5, 0.6) is 0 Å². The molecule has 1 nitrogen and oxygen atoms in total. The number of rotatable bonds is 3. The van der Waals surface area contributed by atoms with Gasteiger partial charge in [-0.2, -0.15) is 0 Å². The number of fused-ring (bicyclic) bond motifs is 1. The summed E-state index contributed by atoms with van der Waals surface area (Å²) in [7, 11) is 1.91. The summed E-state index contributed by atoms with van der Waals surface area (Å²) in [6, 6.07) is 13.9. The van der Waals surface area contributed by atoms with Crippen molar-refractivity contribution in [3.8, 4) is 0 Å². The minimum Gasteiger partial charge on any atom is -0.309 e. The Morgan fingerprint density at radius 3 is 2.29 bits per heavy atom. The molecule has 3 aromatic rings. The zero-order valence-electron chi connectivity index (χ0n) is 11.2. The predicted octanol–water partition coefficient (Wildman–Crippen LogP) is 6.17. The van der Waals surface area contributed by atoms with Crippen LogP contribution in [0.2, 0.25) is 13.7 Å². The van der Waals surface area contributed by atoms with Crippen molar-refractivity contribution in [3.63, 3.8) is 0 Å². The zero-order chi connectivity index (χ0) is 15.0. The van der Waals surface area contributed by atoms with Crippen LogP contribution < -0.4 is 5.32 Å². The summed E-state index contributed by atoms with van der Waals surface area (Å²) >= 11 is 20.1. The van der Waals surface area contributed by atoms with Gasteiger partial charge in [0.1, 0.15) is 0 Å². The molecular formula is C16H12Cl3NS. The highest BCUT2D eigenvalue weighted by Gasteiger charge is 2.20. The maximum Gasteiger partial charge on any atom is 0.0995 e. The van der Waals surface area contributed by atoms with Crippen molar-refractivity contribution in [2.45, 2.75) is 6.04 Å². The molecule has 0 radical (unpaired) electrons. The molecule has 2 aromatic carbocycles. The average Bonchev–Trinajstić information content (AvgIpc) is 2.81. The largest absolute Gasteiger partial charge is 0.309 e. The number of benzene rings is 2. The Morgan fingerprint density at radius 2 is 1.67 bits per heavy atom. The van der Waals surface area contributed by atoms with E-state index in [4.69, 9.17) is 34.8 Å². The summed E-state index contributed by atoms with van der Waals surface area (Å²) in [6.45, 7) is 0. The SMILES string of the molecule is CNC(c1cc(Cl)sc1Cl)c1ccc(Cl)c2ccccc12. The van der Waals surface area contributed by atoms with Crippen molar-refractivity contribution in [2.75, 3.05) is 7.05 Å². The lowest BCUT2D eigenvalue weighted by Crippen LogP contribution is -2.17. The van der Waals surface area contributed by atoms with E-state index in [0.717, 1.165) is 26.9 Å². The van der Waals surface area contributed by atoms with Crippen LogP contribution in [0.3, 0.4) is 0 Å². The topological polar surface area (TPSA) is 12.0 Å². The van der Waals surface area contributed by atoms with Gasteiger partial charge in [-0.25, -0.2) is 0 Å². The number of thiophene rings is 1. The summed E-state index contributed by atoms with van der Waals surface area (Å²) in [5.74, 6) is 0. The van der Waals surface area contributed by atoms with Gasteiger partial charge in [0.05, 0.1) is 14.7 Å². The number of hydrogen-bond donors (Lipinski definition) is 1. The highest BCUT2D eigenvalue weighted by atomic mass is 35.5. The van der Waals surface area contributed by atoms with Crippen LogP contribution in [0.25, 0.3) is 10.8 Å². The molecule has 21 heavy (non-hydrogen) atoms. The second kappa shape index (κ2) is 6.15. The van der Waals surface area contributed by atoms with Gasteiger partial charge in [-0.05, 0) is 30.1 Å². The van der Waals surface area contributed by atoms with Gasteiger partial charge in [-0.1, -0.05) is 65.1 Å². The summed E-state index contributed by atoms with van der Waals surface area (Å²) in [6.07, 6.45) is 0. The van der Waals surface area contributed by atoms with E-state index in [2.05, 4.69) is 11.4 Å². The molecule has 1 atom stereocenters. The van der Waals surface area contributed by atoms with E-state index in [-0.39, 0.29) is 6.04 Å². The maximum absolute atomic E-state index is 6.32. The van der Waals surface area contributed by atoms with Gasteiger partial charge in [0.2, 0.25) is 0 Å². The molecule has 0 amide bonds. The molecule has 0 aliphatic heterocycles. The first-order chi connectivity index (χ1) is 10.1. The van der Waals surface area contributed by atoms with Crippen molar-refractivity contribution in [1.29, 1.82) is 0 Å². The number of halogens is 3. The average molecular weight is 357 g/mol. The maximum atomic E-state index is 6.32. The number of nitrogens with one attached hydrogen (secondary N) is 1. The fraction of sp³-hybridized carbons (Fsp3) is 0.125. The fourth-order valence-electron chi connectivity index (χ4n) is 2.57. The predicted molar refractivity (Wildman–Crippen MR) is 94.2 cm³/mol. The molecule has 0 fully saturated rings. The Kier molecular flexibility index (Phi) is 4.43. The van der Waals surface area contributed by atoms with E-state index < -0.39 is 0 Å². The van der Waals surface area contributed by atoms with Crippen LogP contribution in [0.15, 0.2) is 42.5 Å². The van der Waals surface area contributed by atoms with Crippen molar-refractivity contribution < 1.29 is 0 Å². The molecule has 0 bridgehead atoms. The van der Waals surface area contributed by atoms with Gasteiger partial charge < -0.3 is 5.32 Å². The molecule has 3 rings (SSSR count). The molecule has 5 heteroatoms. The van der Waals surface area contributed by atoms with Crippen LogP contribution in [0.1, 0.15) is 17.2 Å². The van der Waals surface area contributed by atoms with Crippen LogP contribution in [-0.4, -0.2) is 7.05 Å². The Hall–Kier alpha value is -0.770. The zero-order valence-corrected chi connectivity index (χ0v) is 14.2. The Labute approximate surface area is 142 Å². The molecule has 1 aromatic heterocycles. The smallest absolute Gasteiger partial charge is 0.0995 e. The quantitative estimate of drug-likeness (QED) is 0.591. The third-order valence-electron chi connectivity index (χ3n) is 3.50. The molecule has 1 unspecified atom stereocenters. The molecule has 0 aliphatic carbocycles. The van der Waals surface area contributed by atoms with Crippen LogP contribution >= 0.6 is 46.1 Å². The van der Waals surface area contributed by atoms with Crippen molar-refractivity contribution in [2.24, 2.45) is 0 Å². The summed E-state index contributed by atoms with van der Waals surface area (Å²) in [5.41, 5.74) is 2.12. The van der Waals surface area contributed by atoms with Crippen molar-refractivity contribution >= 4 is 56.9 Å².